The summed E-state index contributed by atoms with van der Waals surface area (Å²) in [5.41, 5.74) is 3.40. The Hall–Kier alpha value is -3.59. The van der Waals surface area contributed by atoms with Gasteiger partial charge in [0.2, 0.25) is 5.75 Å². The lowest BCUT2D eigenvalue weighted by atomic mass is 10.0. The number of fused-ring (bicyclic) bond motifs is 1. The molecular formula is C25H32N6O3. The number of benzene rings is 2. The third-order valence-electron chi connectivity index (χ3n) is 5.99. The number of aromatic amines is 1. The molecule has 180 valence electrons. The van der Waals surface area contributed by atoms with Crippen molar-refractivity contribution in [3.63, 3.8) is 0 Å². The van der Waals surface area contributed by atoms with E-state index in [1.54, 1.807) is 21.3 Å². The van der Waals surface area contributed by atoms with Crippen LogP contribution in [0.25, 0.3) is 10.9 Å². The topological polar surface area (TPSA) is 99.1 Å². The molecule has 0 aliphatic carbocycles. The monoisotopic (exact) mass is 464 g/mol. The first kappa shape index (κ1) is 23.6. The number of para-hydroxylation sites is 1. The lowest BCUT2D eigenvalue weighted by Crippen LogP contribution is -2.30. The van der Waals surface area contributed by atoms with Crippen molar-refractivity contribution in [1.82, 2.24) is 30.5 Å². The second-order valence-corrected chi connectivity index (χ2v) is 8.51. The zero-order valence-electron chi connectivity index (χ0n) is 20.3. The molecule has 0 saturated heterocycles. The van der Waals surface area contributed by atoms with Crippen molar-refractivity contribution >= 4 is 10.9 Å². The van der Waals surface area contributed by atoms with E-state index in [1.807, 2.05) is 22.9 Å². The summed E-state index contributed by atoms with van der Waals surface area (Å²) in [7, 11) is 4.81. The molecule has 0 aliphatic heterocycles. The van der Waals surface area contributed by atoms with Crippen LogP contribution < -0.4 is 19.5 Å². The summed E-state index contributed by atoms with van der Waals surface area (Å²) in [5, 5.41) is 17.5. The Morgan fingerprint density at radius 2 is 1.76 bits per heavy atom. The summed E-state index contributed by atoms with van der Waals surface area (Å²) in [6.45, 7) is 5.62. The third kappa shape index (κ3) is 4.84. The molecule has 2 heterocycles. The molecule has 2 aromatic carbocycles. The van der Waals surface area contributed by atoms with Crippen molar-refractivity contribution in [1.29, 1.82) is 0 Å². The van der Waals surface area contributed by atoms with Gasteiger partial charge >= 0.3 is 0 Å². The van der Waals surface area contributed by atoms with Crippen LogP contribution in [0.5, 0.6) is 17.2 Å². The summed E-state index contributed by atoms with van der Waals surface area (Å²) in [6.07, 6.45) is 2.99. The maximum Gasteiger partial charge on any atom is 0.203 e. The highest BCUT2D eigenvalue weighted by Gasteiger charge is 2.23. The van der Waals surface area contributed by atoms with E-state index in [1.165, 1.54) is 10.9 Å². The predicted octanol–water partition coefficient (Wildman–Crippen LogP) is 3.76. The second kappa shape index (κ2) is 10.6. The first-order chi connectivity index (χ1) is 16.5. The molecule has 1 unspecified atom stereocenters. The van der Waals surface area contributed by atoms with Crippen LogP contribution in [-0.4, -0.2) is 53.1 Å². The van der Waals surface area contributed by atoms with Crippen LogP contribution in [0.3, 0.4) is 0 Å². The fourth-order valence-corrected chi connectivity index (χ4v) is 4.27. The lowest BCUT2D eigenvalue weighted by molar-refractivity contribution is 0.323. The second-order valence-electron chi connectivity index (χ2n) is 8.51. The van der Waals surface area contributed by atoms with Gasteiger partial charge < -0.3 is 24.5 Å². The highest BCUT2D eigenvalue weighted by Crippen LogP contribution is 2.38. The van der Waals surface area contributed by atoms with Gasteiger partial charge in [0.15, 0.2) is 17.3 Å². The molecule has 0 saturated carbocycles. The molecule has 0 spiro atoms. The zero-order chi connectivity index (χ0) is 24.1. The standard InChI is InChI=1S/C25H32N6O3/c1-16(2)23(26-11-10-18-14-27-20-9-7-6-8-19(18)20)25-28-29-30-31(25)15-17-12-21(32-3)24(34-5)22(13-17)33-4/h6-9,12-14,16,23,26-27H,10-11,15H2,1-5H3. The Morgan fingerprint density at radius 3 is 2.44 bits per heavy atom. The maximum absolute atomic E-state index is 5.49. The lowest BCUT2D eigenvalue weighted by Gasteiger charge is -2.22. The molecule has 0 fully saturated rings. The van der Waals surface area contributed by atoms with E-state index in [9.17, 15) is 0 Å². The molecule has 0 radical (unpaired) electrons. The van der Waals surface area contributed by atoms with Crippen molar-refractivity contribution in [3.05, 3.63) is 59.5 Å². The van der Waals surface area contributed by atoms with Crippen molar-refractivity contribution in [2.75, 3.05) is 27.9 Å². The number of tetrazole rings is 1. The van der Waals surface area contributed by atoms with Gasteiger partial charge in [-0.2, -0.15) is 0 Å². The van der Waals surface area contributed by atoms with Crippen LogP contribution in [0, 0.1) is 5.92 Å². The average Bonchev–Trinajstić information content (AvgIpc) is 3.47. The van der Waals surface area contributed by atoms with Gasteiger partial charge in [0.05, 0.1) is 33.9 Å². The number of methoxy groups -OCH3 is 3. The third-order valence-corrected chi connectivity index (χ3v) is 5.99. The molecule has 34 heavy (non-hydrogen) atoms. The van der Waals surface area contributed by atoms with Crippen LogP contribution in [0.15, 0.2) is 42.6 Å². The van der Waals surface area contributed by atoms with Crippen molar-refractivity contribution in [3.8, 4) is 17.2 Å². The SMILES string of the molecule is COc1cc(Cn2nnnc2C(NCCc2c[nH]c3ccccc23)C(C)C)cc(OC)c1OC. The number of H-pyrrole nitrogens is 1. The maximum atomic E-state index is 5.49. The van der Waals surface area contributed by atoms with Crippen LogP contribution in [0.4, 0.5) is 0 Å². The van der Waals surface area contributed by atoms with E-state index in [4.69, 9.17) is 14.2 Å². The Kier molecular flexibility index (Phi) is 7.32. The van der Waals surface area contributed by atoms with Crippen LogP contribution >= 0.6 is 0 Å². The Labute approximate surface area is 199 Å². The summed E-state index contributed by atoms with van der Waals surface area (Å²) < 4.78 is 18.2. The number of hydrogen-bond acceptors (Lipinski definition) is 7. The Balaban J connectivity index is 1.51. The predicted molar refractivity (Wildman–Crippen MR) is 131 cm³/mol. The van der Waals surface area contributed by atoms with Gasteiger partial charge in [-0.05, 0) is 58.6 Å². The summed E-state index contributed by atoms with van der Waals surface area (Å²) in [6, 6.07) is 12.2. The molecule has 1 atom stereocenters. The minimum Gasteiger partial charge on any atom is -0.493 e. The van der Waals surface area contributed by atoms with E-state index in [0.29, 0.717) is 29.7 Å². The molecule has 2 aromatic heterocycles. The van der Waals surface area contributed by atoms with E-state index in [-0.39, 0.29) is 6.04 Å². The van der Waals surface area contributed by atoms with Crippen LogP contribution in [-0.2, 0) is 13.0 Å². The molecule has 9 heteroatoms. The summed E-state index contributed by atoms with van der Waals surface area (Å²) in [4.78, 5) is 3.35. The fourth-order valence-electron chi connectivity index (χ4n) is 4.27. The fraction of sp³-hybridized carbons (Fsp3) is 0.400. The zero-order valence-corrected chi connectivity index (χ0v) is 20.3. The van der Waals surface area contributed by atoms with E-state index >= 15 is 0 Å². The van der Waals surface area contributed by atoms with E-state index < -0.39 is 0 Å². The highest BCUT2D eigenvalue weighted by molar-refractivity contribution is 5.83. The van der Waals surface area contributed by atoms with Crippen molar-refractivity contribution in [2.24, 2.45) is 5.92 Å². The largest absolute Gasteiger partial charge is 0.493 e. The molecule has 2 N–H and O–H groups in total. The molecule has 0 aliphatic rings. The molecular weight excluding hydrogens is 432 g/mol. The number of hydrogen-bond donors (Lipinski definition) is 2. The number of nitrogens with zero attached hydrogens (tertiary/aromatic N) is 4. The van der Waals surface area contributed by atoms with Crippen molar-refractivity contribution < 1.29 is 14.2 Å². The van der Waals surface area contributed by atoms with Gasteiger partial charge in [0, 0.05) is 17.1 Å². The number of nitrogens with one attached hydrogen (secondary N) is 2. The van der Waals surface area contributed by atoms with Gasteiger partial charge in [-0.3, -0.25) is 0 Å². The van der Waals surface area contributed by atoms with Gasteiger partial charge in [-0.15, -0.1) is 5.10 Å². The highest BCUT2D eigenvalue weighted by atomic mass is 16.5. The van der Waals surface area contributed by atoms with Crippen LogP contribution in [0.2, 0.25) is 0 Å². The van der Waals surface area contributed by atoms with Gasteiger partial charge in [0.25, 0.3) is 0 Å². The molecule has 4 aromatic rings. The summed E-state index contributed by atoms with van der Waals surface area (Å²) >= 11 is 0. The van der Waals surface area contributed by atoms with Crippen LogP contribution in [0.1, 0.15) is 36.8 Å². The Bertz CT molecular complexity index is 1210. The molecule has 4 rings (SSSR count). The normalized spacial score (nSPS) is 12.3. The summed E-state index contributed by atoms with van der Waals surface area (Å²) in [5.74, 6) is 2.85. The first-order valence-electron chi connectivity index (χ1n) is 11.4. The van der Waals surface area contributed by atoms with Gasteiger partial charge in [-0.1, -0.05) is 32.0 Å². The number of ether oxygens (including phenoxy) is 3. The van der Waals surface area contributed by atoms with E-state index in [2.05, 4.69) is 64.1 Å². The minimum absolute atomic E-state index is 0.00208. The van der Waals surface area contributed by atoms with Gasteiger partial charge in [-0.25, -0.2) is 4.68 Å². The van der Waals surface area contributed by atoms with Crippen molar-refractivity contribution in [2.45, 2.75) is 32.9 Å². The Morgan fingerprint density at radius 1 is 1.03 bits per heavy atom. The quantitative estimate of drug-likeness (QED) is 0.349. The van der Waals surface area contributed by atoms with Gasteiger partial charge in [0.1, 0.15) is 0 Å². The first-order valence-corrected chi connectivity index (χ1v) is 11.4. The molecule has 0 bridgehead atoms. The minimum atomic E-state index is 0.00208. The van der Waals surface area contributed by atoms with E-state index in [0.717, 1.165) is 29.9 Å². The average molecular weight is 465 g/mol. The number of aromatic nitrogens is 5. The smallest absolute Gasteiger partial charge is 0.203 e. The number of rotatable bonds is 11. The molecule has 9 nitrogen and oxygen atoms in total. The molecule has 0 amide bonds.